The Morgan fingerprint density at radius 3 is 2.34 bits per heavy atom. The first-order valence-electron chi connectivity index (χ1n) is 14.5. The van der Waals surface area contributed by atoms with Crippen LogP contribution in [0, 0.1) is 0 Å². The quantitative estimate of drug-likeness (QED) is 0.185. The van der Waals surface area contributed by atoms with Gasteiger partial charge in [-0.1, -0.05) is 48.0 Å². The van der Waals surface area contributed by atoms with Crippen molar-refractivity contribution in [1.29, 1.82) is 0 Å². The van der Waals surface area contributed by atoms with Crippen molar-refractivity contribution in [2.24, 2.45) is 0 Å². The van der Waals surface area contributed by atoms with Gasteiger partial charge in [0.25, 0.3) is 11.8 Å². The number of amides is 2. The van der Waals surface area contributed by atoms with Crippen LogP contribution in [0.15, 0.2) is 79.1 Å². The molecule has 1 atom stereocenters. The van der Waals surface area contributed by atoms with E-state index < -0.39 is 12.1 Å². The van der Waals surface area contributed by atoms with E-state index in [2.05, 4.69) is 17.1 Å². The van der Waals surface area contributed by atoms with Gasteiger partial charge < -0.3 is 9.84 Å². The Balaban J connectivity index is 1.12. The first-order valence-corrected chi connectivity index (χ1v) is 15.7. The molecule has 0 spiro atoms. The molecule has 7 rings (SSSR count). The van der Waals surface area contributed by atoms with Crippen LogP contribution in [-0.4, -0.2) is 43.4 Å². The van der Waals surface area contributed by atoms with Gasteiger partial charge in [0.15, 0.2) is 4.88 Å². The number of carboxylic acid groups (broad SMARTS) is 1. The highest BCUT2D eigenvalue weighted by Crippen LogP contribution is 2.40. The smallest absolute Gasteiger partial charge is 0.349 e. The van der Waals surface area contributed by atoms with E-state index in [-0.39, 0.29) is 34.4 Å². The van der Waals surface area contributed by atoms with Crippen LogP contribution < -0.4 is 4.74 Å². The number of imide groups is 1. The minimum atomic E-state index is -1.07. The standard InChI is InChI=1S/C34H28ClN3O5S/c1-19(23-6-4-5-9-26(23)35)43-29-17-30(44-31(29)34(41)42)37-18-36-27-15-12-21(16-28(27)37)20-10-13-22(14-11-20)38-32(39)24-7-2-3-8-25(24)33(38)40/h2-9,12,15-20,22H,10-11,13-14H2,1H3,(H,41,42)/t19-,20?,22?/m1/s1. The molecule has 8 nitrogen and oxygen atoms in total. The van der Waals surface area contributed by atoms with Crippen molar-refractivity contribution in [3.63, 3.8) is 0 Å². The number of nitrogens with zero attached hydrogens (tertiary/aromatic N) is 3. The average molecular weight is 626 g/mol. The number of carbonyl (C=O) groups is 3. The van der Waals surface area contributed by atoms with E-state index in [4.69, 9.17) is 16.3 Å². The lowest BCUT2D eigenvalue weighted by molar-refractivity contribution is 0.0541. The van der Waals surface area contributed by atoms with Crippen LogP contribution in [0.4, 0.5) is 0 Å². The minimum absolute atomic E-state index is 0.100. The third-order valence-electron chi connectivity index (χ3n) is 8.69. The molecule has 10 heteroatoms. The number of halogens is 1. The second-order valence-electron chi connectivity index (χ2n) is 11.3. The molecule has 2 aromatic heterocycles. The predicted octanol–water partition coefficient (Wildman–Crippen LogP) is 7.90. The Bertz CT molecular complexity index is 1910. The van der Waals surface area contributed by atoms with E-state index in [1.807, 2.05) is 35.8 Å². The van der Waals surface area contributed by atoms with Crippen LogP contribution in [-0.2, 0) is 0 Å². The molecule has 3 aromatic carbocycles. The summed E-state index contributed by atoms with van der Waals surface area (Å²) in [5.74, 6) is -0.916. The third kappa shape index (κ3) is 4.86. The minimum Gasteiger partial charge on any atom is -0.484 e. The molecule has 1 saturated carbocycles. The van der Waals surface area contributed by atoms with Gasteiger partial charge in [0.05, 0.1) is 22.2 Å². The van der Waals surface area contributed by atoms with Crippen molar-refractivity contribution in [1.82, 2.24) is 14.5 Å². The number of benzene rings is 3. The number of rotatable bonds is 7. The Morgan fingerprint density at radius 2 is 1.66 bits per heavy atom. The fourth-order valence-electron chi connectivity index (χ4n) is 6.44. The highest BCUT2D eigenvalue weighted by atomic mass is 35.5. The Kier molecular flexibility index (Phi) is 7.22. The summed E-state index contributed by atoms with van der Waals surface area (Å²) in [4.78, 5) is 44.3. The van der Waals surface area contributed by atoms with Crippen LogP contribution >= 0.6 is 22.9 Å². The summed E-state index contributed by atoms with van der Waals surface area (Å²) < 4.78 is 8.03. The fraction of sp³-hybridized carbons (Fsp3) is 0.235. The number of ether oxygens (including phenoxy) is 1. The highest BCUT2D eigenvalue weighted by molar-refractivity contribution is 7.16. The monoisotopic (exact) mass is 625 g/mol. The van der Waals surface area contributed by atoms with Crippen LogP contribution in [0.25, 0.3) is 16.0 Å². The van der Waals surface area contributed by atoms with Crippen LogP contribution in [0.5, 0.6) is 5.75 Å². The number of fused-ring (bicyclic) bond motifs is 2. The Hall–Kier alpha value is -4.47. The number of imidazole rings is 1. The van der Waals surface area contributed by atoms with Gasteiger partial charge in [-0.2, -0.15) is 0 Å². The van der Waals surface area contributed by atoms with Crippen molar-refractivity contribution in [2.45, 2.75) is 50.7 Å². The molecular formula is C34H28ClN3O5S. The summed E-state index contributed by atoms with van der Waals surface area (Å²) in [7, 11) is 0. The molecule has 0 bridgehead atoms. The molecule has 1 N–H and O–H groups in total. The maximum atomic E-state index is 13.0. The van der Waals surface area contributed by atoms with E-state index in [0.29, 0.717) is 21.2 Å². The average Bonchev–Trinajstić information content (AvgIpc) is 3.71. The van der Waals surface area contributed by atoms with Crippen LogP contribution in [0.1, 0.15) is 86.1 Å². The van der Waals surface area contributed by atoms with E-state index in [0.717, 1.165) is 59.2 Å². The number of thiophene rings is 1. The highest BCUT2D eigenvalue weighted by Gasteiger charge is 2.41. The summed E-state index contributed by atoms with van der Waals surface area (Å²) in [6, 6.07) is 22.2. The van der Waals surface area contributed by atoms with Crippen LogP contribution in [0.3, 0.4) is 0 Å². The molecule has 2 amide bonds. The Morgan fingerprint density at radius 1 is 0.977 bits per heavy atom. The van der Waals surface area contributed by atoms with E-state index in [1.54, 1.807) is 42.7 Å². The molecule has 5 aromatic rings. The zero-order valence-electron chi connectivity index (χ0n) is 23.8. The largest absolute Gasteiger partial charge is 0.484 e. The van der Waals surface area contributed by atoms with Gasteiger partial charge in [-0.3, -0.25) is 19.1 Å². The number of aromatic carboxylic acids is 1. The normalized spacial score (nSPS) is 18.9. The van der Waals surface area contributed by atoms with Crippen molar-refractivity contribution in [3.05, 3.63) is 111 Å². The van der Waals surface area contributed by atoms with Gasteiger partial charge in [0.1, 0.15) is 23.2 Å². The molecule has 1 aliphatic heterocycles. The molecule has 0 unspecified atom stereocenters. The summed E-state index contributed by atoms with van der Waals surface area (Å²) in [6.07, 6.45) is 4.42. The fourth-order valence-corrected chi connectivity index (χ4v) is 7.64. The molecule has 1 aliphatic carbocycles. The van der Waals surface area contributed by atoms with Crippen molar-refractivity contribution in [3.8, 4) is 10.8 Å². The van der Waals surface area contributed by atoms with Gasteiger partial charge in [0, 0.05) is 22.7 Å². The second-order valence-corrected chi connectivity index (χ2v) is 12.7. The molecule has 222 valence electrons. The molecule has 0 radical (unpaired) electrons. The van der Waals surface area contributed by atoms with Gasteiger partial charge >= 0.3 is 5.97 Å². The zero-order chi connectivity index (χ0) is 30.5. The number of aromatic nitrogens is 2. The molecular weight excluding hydrogens is 598 g/mol. The summed E-state index contributed by atoms with van der Waals surface area (Å²) in [5, 5.41) is 11.2. The zero-order valence-corrected chi connectivity index (χ0v) is 25.3. The topological polar surface area (TPSA) is 102 Å². The first-order chi connectivity index (χ1) is 21.3. The maximum Gasteiger partial charge on any atom is 0.349 e. The molecule has 2 aliphatic rings. The summed E-state index contributed by atoms with van der Waals surface area (Å²) >= 11 is 7.48. The molecule has 0 saturated heterocycles. The number of carbonyl (C=O) groups excluding carboxylic acids is 2. The first kappa shape index (κ1) is 28.3. The van der Waals surface area contributed by atoms with E-state index >= 15 is 0 Å². The number of hydrogen-bond acceptors (Lipinski definition) is 6. The SMILES string of the molecule is C[C@@H](Oc1cc(-n2cnc3ccc(C4CCC(N5C(=O)c6ccccc6C5=O)CC4)cc32)sc1C(=O)O)c1ccccc1Cl. The van der Waals surface area contributed by atoms with Gasteiger partial charge in [-0.05, 0) is 74.4 Å². The number of carboxylic acids is 1. The van der Waals surface area contributed by atoms with Crippen molar-refractivity contribution >= 4 is 51.8 Å². The lowest BCUT2D eigenvalue weighted by atomic mass is 9.81. The van der Waals surface area contributed by atoms with Gasteiger partial charge in [0.2, 0.25) is 0 Å². The third-order valence-corrected chi connectivity index (χ3v) is 10.1. The maximum absolute atomic E-state index is 13.0. The van der Waals surface area contributed by atoms with Crippen molar-refractivity contribution in [2.75, 3.05) is 0 Å². The predicted molar refractivity (Wildman–Crippen MR) is 168 cm³/mol. The second kappa shape index (κ2) is 11.2. The summed E-state index contributed by atoms with van der Waals surface area (Å²) in [5.41, 5.74) is 4.57. The number of hydrogen-bond donors (Lipinski definition) is 1. The van der Waals surface area contributed by atoms with Crippen molar-refractivity contribution < 1.29 is 24.2 Å². The molecule has 1 fully saturated rings. The van der Waals surface area contributed by atoms with Gasteiger partial charge in [-0.15, -0.1) is 11.3 Å². The lowest BCUT2D eigenvalue weighted by Gasteiger charge is -2.33. The van der Waals surface area contributed by atoms with Crippen LogP contribution in [0.2, 0.25) is 5.02 Å². The lowest BCUT2D eigenvalue weighted by Crippen LogP contribution is -2.41. The van der Waals surface area contributed by atoms with Gasteiger partial charge in [-0.25, -0.2) is 9.78 Å². The van der Waals surface area contributed by atoms with E-state index in [9.17, 15) is 19.5 Å². The van der Waals surface area contributed by atoms with E-state index in [1.165, 1.54) is 4.90 Å². The Labute approximate surface area is 262 Å². The summed E-state index contributed by atoms with van der Waals surface area (Å²) in [6.45, 7) is 1.84. The molecule has 3 heterocycles. The molecule has 44 heavy (non-hydrogen) atoms.